The summed E-state index contributed by atoms with van der Waals surface area (Å²) in [5.74, 6) is 0.825. The number of methoxy groups -OCH3 is 1. The van der Waals surface area contributed by atoms with Crippen molar-refractivity contribution in [3.8, 4) is 17.0 Å². The van der Waals surface area contributed by atoms with E-state index in [-0.39, 0.29) is 18.5 Å². The number of rotatable bonds is 10. The van der Waals surface area contributed by atoms with Gasteiger partial charge in [-0.2, -0.15) is 4.98 Å². The van der Waals surface area contributed by atoms with Crippen LogP contribution >= 0.6 is 15.9 Å². The van der Waals surface area contributed by atoms with Crippen LogP contribution in [0.5, 0.6) is 5.88 Å². The van der Waals surface area contributed by atoms with E-state index in [1.54, 1.807) is 30.1 Å². The number of hydrogen-bond acceptors (Lipinski definition) is 6. The lowest BCUT2D eigenvalue weighted by Crippen LogP contribution is -2.23. The van der Waals surface area contributed by atoms with E-state index in [2.05, 4.69) is 50.6 Å². The van der Waals surface area contributed by atoms with Crippen LogP contribution in [0.4, 0.5) is 16.0 Å². The second-order valence-electron chi connectivity index (χ2n) is 9.72. The lowest BCUT2D eigenvalue weighted by molar-refractivity contribution is 0.0793. The summed E-state index contributed by atoms with van der Waals surface area (Å²) in [7, 11) is 2.28. The highest BCUT2D eigenvalue weighted by Gasteiger charge is 2.24. The standard InChI is InChI=1S/C24H33BrFN5O2Si/c1-16(2)19-13-18(26)14-20(17-8-9-27-21(12-17)32-4)22(19)30(3)24-28-23(25)29-31(24)15-33-10-11-34(5,6)7/h8-9,12-14,16H,10-11,15H2,1-7H3. The zero-order valence-electron chi connectivity index (χ0n) is 20.9. The van der Waals surface area contributed by atoms with Crippen LogP contribution in [-0.4, -0.2) is 48.6 Å². The first-order chi connectivity index (χ1) is 16.0. The van der Waals surface area contributed by atoms with Gasteiger partial charge in [0, 0.05) is 39.6 Å². The normalized spacial score (nSPS) is 11.8. The molecule has 0 radical (unpaired) electrons. The Hall–Kier alpha value is -2.30. The summed E-state index contributed by atoms with van der Waals surface area (Å²) < 4.78 is 28.2. The van der Waals surface area contributed by atoms with Crippen LogP contribution in [0.2, 0.25) is 25.7 Å². The van der Waals surface area contributed by atoms with Gasteiger partial charge in [-0.15, -0.1) is 5.10 Å². The van der Waals surface area contributed by atoms with Crippen molar-refractivity contribution in [2.75, 3.05) is 25.7 Å². The van der Waals surface area contributed by atoms with Gasteiger partial charge in [0.25, 0.3) is 0 Å². The molecule has 0 atom stereocenters. The maximum Gasteiger partial charge on any atom is 0.231 e. The van der Waals surface area contributed by atoms with Gasteiger partial charge in [-0.3, -0.25) is 0 Å². The molecular formula is C24H33BrFN5O2Si. The molecule has 3 aromatic rings. The molecule has 10 heteroatoms. The number of nitrogens with zero attached hydrogens (tertiary/aromatic N) is 5. The lowest BCUT2D eigenvalue weighted by atomic mass is 9.93. The molecule has 0 N–H and O–H groups in total. The first-order valence-electron chi connectivity index (χ1n) is 11.3. The Morgan fingerprint density at radius 1 is 1.21 bits per heavy atom. The second kappa shape index (κ2) is 11.0. The van der Waals surface area contributed by atoms with E-state index >= 15 is 0 Å². The molecule has 0 spiro atoms. The summed E-state index contributed by atoms with van der Waals surface area (Å²) in [6, 6.07) is 7.83. The minimum atomic E-state index is -1.20. The first-order valence-corrected chi connectivity index (χ1v) is 15.8. The van der Waals surface area contributed by atoms with Crippen molar-refractivity contribution in [1.82, 2.24) is 19.7 Å². The van der Waals surface area contributed by atoms with Crippen molar-refractivity contribution in [1.29, 1.82) is 0 Å². The van der Waals surface area contributed by atoms with Gasteiger partial charge in [-0.05, 0) is 57.2 Å². The monoisotopic (exact) mass is 549 g/mol. The lowest BCUT2D eigenvalue weighted by Gasteiger charge is -2.27. The molecule has 3 rings (SSSR count). The van der Waals surface area contributed by atoms with Crippen molar-refractivity contribution in [2.24, 2.45) is 0 Å². The van der Waals surface area contributed by atoms with Gasteiger partial charge < -0.3 is 14.4 Å². The minimum Gasteiger partial charge on any atom is -0.481 e. The van der Waals surface area contributed by atoms with Gasteiger partial charge in [0.1, 0.15) is 12.5 Å². The molecule has 0 fully saturated rings. The van der Waals surface area contributed by atoms with Crippen LogP contribution in [-0.2, 0) is 11.5 Å². The topological polar surface area (TPSA) is 65.3 Å². The molecule has 0 amide bonds. The SMILES string of the molecule is COc1cc(-c2cc(F)cc(C(C)C)c2N(C)c2nc(Br)nn2COCC[Si](C)(C)C)ccn1. The van der Waals surface area contributed by atoms with Gasteiger partial charge >= 0.3 is 0 Å². The van der Waals surface area contributed by atoms with Crippen LogP contribution in [0.15, 0.2) is 35.2 Å². The number of anilines is 2. The van der Waals surface area contributed by atoms with Gasteiger partial charge in [-0.25, -0.2) is 14.1 Å². The summed E-state index contributed by atoms with van der Waals surface area (Å²) in [6.45, 7) is 12.0. The molecule has 0 saturated heterocycles. The molecular weight excluding hydrogens is 517 g/mol. The summed E-state index contributed by atoms with van der Waals surface area (Å²) in [4.78, 5) is 10.7. The van der Waals surface area contributed by atoms with E-state index in [9.17, 15) is 4.39 Å². The van der Waals surface area contributed by atoms with Crippen molar-refractivity contribution in [2.45, 2.75) is 52.2 Å². The zero-order chi connectivity index (χ0) is 25.0. The Balaban J connectivity index is 2.05. The molecule has 0 unspecified atom stereocenters. The Morgan fingerprint density at radius 3 is 2.59 bits per heavy atom. The third kappa shape index (κ3) is 6.42. The van der Waals surface area contributed by atoms with Crippen LogP contribution in [0, 0.1) is 5.82 Å². The fourth-order valence-electron chi connectivity index (χ4n) is 3.61. The highest BCUT2D eigenvalue weighted by molar-refractivity contribution is 9.10. The Morgan fingerprint density at radius 2 is 1.94 bits per heavy atom. The average Bonchev–Trinajstić information content (AvgIpc) is 3.15. The van der Waals surface area contributed by atoms with Crippen LogP contribution < -0.4 is 9.64 Å². The third-order valence-corrected chi connectivity index (χ3v) is 7.49. The number of aromatic nitrogens is 4. The Kier molecular flexibility index (Phi) is 8.48. The molecule has 0 aliphatic rings. The van der Waals surface area contributed by atoms with Crippen LogP contribution in [0.25, 0.3) is 11.1 Å². The van der Waals surface area contributed by atoms with Crippen LogP contribution in [0.3, 0.4) is 0 Å². The Bertz CT molecular complexity index is 1130. The van der Waals surface area contributed by atoms with E-state index < -0.39 is 8.07 Å². The first kappa shape index (κ1) is 26.3. The fourth-order valence-corrected chi connectivity index (χ4v) is 4.72. The molecule has 1 aromatic carbocycles. The minimum absolute atomic E-state index is 0.0726. The molecule has 2 aromatic heterocycles. The predicted molar refractivity (Wildman–Crippen MR) is 140 cm³/mol. The molecule has 0 saturated carbocycles. The molecule has 2 heterocycles. The summed E-state index contributed by atoms with van der Waals surface area (Å²) in [6.07, 6.45) is 1.66. The van der Waals surface area contributed by atoms with E-state index in [1.165, 1.54) is 6.07 Å². The predicted octanol–water partition coefficient (Wildman–Crippen LogP) is 6.45. The van der Waals surface area contributed by atoms with E-state index in [4.69, 9.17) is 9.47 Å². The third-order valence-electron chi connectivity index (χ3n) is 5.45. The summed E-state index contributed by atoms with van der Waals surface area (Å²) in [5.41, 5.74) is 3.22. The molecule has 7 nitrogen and oxygen atoms in total. The Labute approximate surface area is 210 Å². The van der Waals surface area contributed by atoms with E-state index in [1.807, 2.05) is 31.9 Å². The quantitative estimate of drug-likeness (QED) is 0.213. The summed E-state index contributed by atoms with van der Waals surface area (Å²) in [5, 5.41) is 4.48. The van der Waals surface area contributed by atoms with E-state index in [0.29, 0.717) is 23.2 Å². The molecule has 0 aliphatic heterocycles. The molecule has 0 aliphatic carbocycles. The second-order valence-corrected chi connectivity index (χ2v) is 16.1. The average molecular weight is 551 g/mol. The highest BCUT2D eigenvalue weighted by Crippen LogP contribution is 2.41. The highest BCUT2D eigenvalue weighted by atomic mass is 79.9. The molecule has 0 bridgehead atoms. The largest absolute Gasteiger partial charge is 0.481 e. The number of benzene rings is 1. The van der Waals surface area contributed by atoms with Crippen molar-refractivity contribution < 1.29 is 13.9 Å². The molecule has 34 heavy (non-hydrogen) atoms. The number of pyridine rings is 1. The zero-order valence-corrected chi connectivity index (χ0v) is 23.5. The van der Waals surface area contributed by atoms with Crippen molar-refractivity contribution in [3.05, 3.63) is 46.6 Å². The maximum absolute atomic E-state index is 14.8. The number of hydrogen-bond donors (Lipinski definition) is 0. The van der Waals surface area contributed by atoms with Gasteiger partial charge in [0.15, 0.2) is 0 Å². The maximum atomic E-state index is 14.8. The van der Waals surface area contributed by atoms with E-state index in [0.717, 1.165) is 28.4 Å². The van der Waals surface area contributed by atoms with Gasteiger partial charge in [0.05, 0.1) is 12.8 Å². The smallest absolute Gasteiger partial charge is 0.231 e. The van der Waals surface area contributed by atoms with Gasteiger partial charge in [-0.1, -0.05) is 33.5 Å². The van der Waals surface area contributed by atoms with Gasteiger partial charge in [0.2, 0.25) is 16.6 Å². The van der Waals surface area contributed by atoms with Crippen molar-refractivity contribution in [3.63, 3.8) is 0 Å². The van der Waals surface area contributed by atoms with Crippen LogP contribution in [0.1, 0.15) is 25.3 Å². The summed E-state index contributed by atoms with van der Waals surface area (Å²) >= 11 is 3.40. The fraction of sp³-hybridized carbons (Fsp3) is 0.458. The molecule has 184 valence electrons. The van der Waals surface area contributed by atoms with Crippen molar-refractivity contribution >= 4 is 35.6 Å². The number of ether oxygens (including phenoxy) is 2. The number of halogens is 2.